The quantitative estimate of drug-likeness (QED) is 0.813. The lowest BCUT2D eigenvalue weighted by Gasteiger charge is -2.19. The molecule has 1 unspecified atom stereocenters. The molecule has 1 aromatic heterocycles. The van der Waals surface area contributed by atoms with Crippen molar-refractivity contribution in [3.05, 3.63) is 46.7 Å². The maximum Gasteiger partial charge on any atom is 0.255 e. The maximum absolute atomic E-state index is 12.9. The Morgan fingerprint density at radius 1 is 1.26 bits per heavy atom. The van der Waals surface area contributed by atoms with Gasteiger partial charge < -0.3 is 10.2 Å². The number of halogens is 1. The van der Waals surface area contributed by atoms with E-state index < -0.39 is 0 Å². The monoisotopic (exact) mass is 386 g/mol. The zero-order valence-electron chi connectivity index (χ0n) is 16.0. The Bertz CT molecular complexity index is 810. The van der Waals surface area contributed by atoms with Crippen LogP contribution in [0.15, 0.2) is 30.5 Å². The number of anilines is 1. The molecule has 1 aliphatic carbocycles. The molecule has 1 atom stereocenters. The molecule has 1 saturated heterocycles. The van der Waals surface area contributed by atoms with Gasteiger partial charge in [-0.3, -0.25) is 9.48 Å². The molecule has 144 valence electrons. The number of rotatable bonds is 6. The minimum absolute atomic E-state index is 0.0230. The smallest absolute Gasteiger partial charge is 0.255 e. The van der Waals surface area contributed by atoms with Gasteiger partial charge in [0, 0.05) is 42.3 Å². The molecule has 2 aliphatic rings. The van der Waals surface area contributed by atoms with Gasteiger partial charge in [0.2, 0.25) is 0 Å². The van der Waals surface area contributed by atoms with Crippen LogP contribution in [0.25, 0.3) is 0 Å². The van der Waals surface area contributed by atoms with E-state index in [1.807, 2.05) is 28.9 Å². The molecule has 0 radical (unpaired) electrons. The van der Waals surface area contributed by atoms with Crippen molar-refractivity contribution in [3.8, 4) is 0 Å². The summed E-state index contributed by atoms with van der Waals surface area (Å²) in [5.74, 6) is 1.04. The van der Waals surface area contributed by atoms with Crippen molar-refractivity contribution in [2.45, 2.75) is 51.6 Å². The Morgan fingerprint density at radius 3 is 2.67 bits per heavy atom. The topological polar surface area (TPSA) is 50.2 Å². The van der Waals surface area contributed by atoms with Crippen LogP contribution in [0.5, 0.6) is 0 Å². The van der Waals surface area contributed by atoms with E-state index in [2.05, 4.69) is 29.2 Å². The summed E-state index contributed by atoms with van der Waals surface area (Å²) in [6, 6.07) is 8.05. The number of carbonyl (C=O) groups is 1. The Kier molecular flexibility index (Phi) is 5.13. The van der Waals surface area contributed by atoms with Gasteiger partial charge in [-0.2, -0.15) is 5.10 Å². The summed E-state index contributed by atoms with van der Waals surface area (Å²) >= 11 is 5.98. The predicted molar refractivity (Wildman–Crippen MR) is 109 cm³/mol. The van der Waals surface area contributed by atoms with Crippen molar-refractivity contribution in [2.24, 2.45) is 5.92 Å². The molecule has 2 fully saturated rings. The van der Waals surface area contributed by atoms with Gasteiger partial charge in [0.05, 0.1) is 17.5 Å². The van der Waals surface area contributed by atoms with Gasteiger partial charge in [0.15, 0.2) is 0 Å². The highest BCUT2D eigenvalue weighted by atomic mass is 35.5. The first-order chi connectivity index (χ1) is 13.0. The van der Waals surface area contributed by atoms with Crippen LogP contribution in [-0.2, 0) is 6.54 Å². The van der Waals surface area contributed by atoms with Crippen molar-refractivity contribution in [1.82, 2.24) is 15.1 Å². The number of hydrogen-bond acceptors (Lipinski definition) is 3. The van der Waals surface area contributed by atoms with Crippen LogP contribution < -0.4 is 10.2 Å². The second-order valence-corrected chi connectivity index (χ2v) is 8.61. The fourth-order valence-corrected chi connectivity index (χ4v) is 4.00. The SMILES string of the molecule is CC(C)Cn1ncc(C(=O)NC2CCN(c3ccc(Cl)cc3)C2)c1C1CC1. The van der Waals surface area contributed by atoms with Gasteiger partial charge >= 0.3 is 0 Å². The fraction of sp³-hybridized carbons (Fsp3) is 0.524. The van der Waals surface area contributed by atoms with Gasteiger partial charge in [-0.1, -0.05) is 25.4 Å². The molecule has 1 amide bonds. The van der Waals surface area contributed by atoms with E-state index in [9.17, 15) is 4.79 Å². The van der Waals surface area contributed by atoms with Crippen LogP contribution in [-0.4, -0.2) is 34.8 Å². The minimum atomic E-state index is 0.0230. The molecular weight excluding hydrogens is 360 g/mol. The molecule has 6 heteroatoms. The van der Waals surface area contributed by atoms with Gasteiger partial charge in [0.25, 0.3) is 5.91 Å². The molecule has 1 saturated carbocycles. The number of carbonyl (C=O) groups excluding carboxylic acids is 1. The average Bonchev–Trinajstić information content (AvgIpc) is 3.22. The standard InChI is InChI=1S/C21H27ClN4O/c1-14(2)12-26-20(15-3-4-15)19(11-23-26)21(27)24-17-9-10-25(13-17)18-7-5-16(22)6-8-18/h5-8,11,14-15,17H,3-4,9-10,12-13H2,1-2H3,(H,24,27). The highest BCUT2D eigenvalue weighted by molar-refractivity contribution is 6.30. The predicted octanol–water partition coefficient (Wildman–Crippen LogP) is 4.08. The lowest BCUT2D eigenvalue weighted by molar-refractivity contribution is 0.0939. The van der Waals surface area contributed by atoms with Gasteiger partial charge in [0.1, 0.15) is 0 Å². The Labute approximate surface area is 165 Å². The number of benzene rings is 1. The van der Waals surface area contributed by atoms with Gasteiger partial charge in [-0.05, 0) is 49.4 Å². The zero-order chi connectivity index (χ0) is 19.0. The Morgan fingerprint density at radius 2 is 2.00 bits per heavy atom. The third kappa shape index (κ3) is 4.13. The zero-order valence-corrected chi connectivity index (χ0v) is 16.7. The fourth-order valence-electron chi connectivity index (χ4n) is 3.88. The number of nitrogens with one attached hydrogen (secondary N) is 1. The van der Waals surface area contributed by atoms with Gasteiger partial charge in [-0.25, -0.2) is 0 Å². The van der Waals surface area contributed by atoms with Crippen molar-refractivity contribution < 1.29 is 4.79 Å². The van der Waals surface area contributed by atoms with E-state index in [1.165, 1.54) is 0 Å². The lowest BCUT2D eigenvalue weighted by Crippen LogP contribution is -2.37. The second kappa shape index (κ2) is 7.55. The Hall–Kier alpha value is -2.01. The van der Waals surface area contributed by atoms with E-state index in [0.29, 0.717) is 11.8 Å². The largest absolute Gasteiger partial charge is 0.369 e. The van der Waals surface area contributed by atoms with Crippen LogP contribution >= 0.6 is 11.6 Å². The van der Waals surface area contributed by atoms with E-state index >= 15 is 0 Å². The molecule has 1 aromatic carbocycles. The minimum Gasteiger partial charge on any atom is -0.369 e. The number of hydrogen-bond donors (Lipinski definition) is 1. The summed E-state index contributed by atoms with van der Waals surface area (Å²) in [7, 11) is 0. The molecule has 1 N–H and O–H groups in total. The van der Waals surface area contributed by atoms with E-state index in [0.717, 1.165) is 60.9 Å². The summed E-state index contributed by atoms with van der Waals surface area (Å²) in [5, 5.41) is 8.50. The first-order valence-electron chi connectivity index (χ1n) is 9.88. The third-order valence-electron chi connectivity index (χ3n) is 5.34. The first-order valence-corrected chi connectivity index (χ1v) is 10.3. The normalized spacial score (nSPS) is 19.7. The molecule has 5 nitrogen and oxygen atoms in total. The first kappa shape index (κ1) is 18.4. The second-order valence-electron chi connectivity index (χ2n) is 8.18. The maximum atomic E-state index is 12.9. The van der Waals surface area contributed by atoms with Crippen molar-refractivity contribution in [3.63, 3.8) is 0 Å². The van der Waals surface area contributed by atoms with Crippen molar-refractivity contribution >= 4 is 23.2 Å². The average molecular weight is 387 g/mol. The summed E-state index contributed by atoms with van der Waals surface area (Å²) < 4.78 is 2.05. The highest BCUT2D eigenvalue weighted by Crippen LogP contribution is 2.41. The van der Waals surface area contributed by atoms with Crippen LogP contribution in [0.2, 0.25) is 5.02 Å². The van der Waals surface area contributed by atoms with E-state index in [4.69, 9.17) is 11.6 Å². The van der Waals surface area contributed by atoms with Crippen LogP contribution in [0.1, 0.15) is 55.1 Å². The van der Waals surface area contributed by atoms with E-state index in [-0.39, 0.29) is 11.9 Å². The van der Waals surface area contributed by atoms with Crippen LogP contribution in [0.3, 0.4) is 0 Å². The van der Waals surface area contributed by atoms with Crippen LogP contribution in [0.4, 0.5) is 5.69 Å². The number of nitrogens with zero attached hydrogens (tertiary/aromatic N) is 3. The van der Waals surface area contributed by atoms with E-state index in [1.54, 1.807) is 6.20 Å². The number of amides is 1. The summed E-state index contributed by atoms with van der Waals surface area (Å²) in [4.78, 5) is 15.2. The van der Waals surface area contributed by atoms with Crippen LogP contribution in [0, 0.1) is 5.92 Å². The van der Waals surface area contributed by atoms with Crippen molar-refractivity contribution in [1.29, 1.82) is 0 Å². The summed E-state index contributed by atoms with van der Waals surface area (Å²) in [6.45, 7) is 7.00. The third-order valence-corrected chi connectivity index (χ3v) is 5.59. The number of aromatic nitrogens is 2. The summed E-state index contributed by atoms with van der Waals surface area (Å²) in [5.41, 5.74) is 3.05. The molecular formula is C21H27ClN4O. The molecule has 27 heavy (non-hydrogen) atoms. The van der Waals surface area contributed by atoms with Gasteiger partial charge in [-0.15, -0.1) is 0 Å². The molecule has 2 aromatic rings. The molecule has 0 spiro atoms. The summed E-state index contributed by atoms with van der Waals surface area (Å²) in [6.07, 6.45) is 5.04. The molecule has 4 rings (SSSR count). The molecule has 2 heterocycles. The Balaban J connectivity index is 1.42. The van der Waals surface area contributed by atoms with Crippen molar-refractivity contribution in [2.75, 3.05) is 18.0 Å². The molecule has 0 bridgehead atoms. The molecule has 1 aliphatic heterocycles. The lowest BCUT2D eigenvalue weighted by atomic mass is 10.1. The highest BCUT2D eigenvalue weighted by Gasteiger charge is 2.33.